The van der Waals surface area contributed by atoms with E-state index in [9.17, 15) is 20.4 Å². The molecule has 2 aromatic carbocycles. The van der Waals surface area contributed by atoms with E-state index in [-0.39, 0.29) is 25.0 Å². The van der Waals surface area contributed by atoms with Crippen LogP contribution in [0.2, 0.25) is 0 Å². The predicted octanol–water partition coefficient (Wildman–Crippen LogP) is 6.84. The number of rotatable bonds is 14. The molecule has 4 N–H and O–H groups in total. The van der Waals surface area contributed by atoms with E-state index in [1.807, 2.05) is 12.1 Å². The van der Waals surface area contributed by atoms with Gasteiger partial charge in [-0.1, -0.05) is 65.8 Å². The van der Waals surface area contributed by atoms with Crippen LogP contribution in [0.1, 0.15) is 112 Å². The van der Waals surface area contributed by atoms with Crippen molar-refractivity contribution >= 4 is 0 Å². The molecule has 0 saturated carbocycles. The first-order valence-electron chi connectivity index (χ1n) is 13.5. The summed E-state index contributed by atoms with van der Waals surface area (Å²) in [6.45, 7) is 13.4. The zero-order valence-corrected chi connectivity index (χ0v) is 22.8. The summed E-state index contributed by atoms with van der Waals surface area (Å²) >= 11 is 0. The van der Waals surface area contributed by atoms with Gasteiger partial charge in [-0.05, 0) is 95.6 Å². The van der Waals surface area contributed by atoms with Crippen molar-refractivity contribution in [1.82, 2.24) is 0 Å². The Morgan fingerprint density at radius 3 is 1.29 bits per heavy atom. The normalized spacial score (nSPS) is 13.5. The van der Waals surface area contributed by atoms with Crippen LogP contribution in [0.25, 0.3) is 0 Å². The van der Waals surface area contributed by atoms with Crippen LogP contribution < -0.4 is 0 Å². The minimum atomic E-state index is 0.137. The number of phenolic OH excluding ortho intramolecular Hbond substituents is 2. The smallest absolute Gasteiger partial charge is 0.122 e. The van der Waals surface area contributed by atoms with Gasteiger partial charge in [-0.15, -0.1) is 0 Å². The quantitative estimate of drug-likeness (QED) is 0.237. The molecule has 196 valence electrons. The molecule has 0 aromatic heterocycles. The third-order valence-electron chi connectivity index (χ3n) is 6.90. The fourth-order valence-corrected chi connectivity index (χ4v) is 5.32. The second-order valence-electron chi connectivity index (χ2n) is 11.3. The number of aryl methyl sites for hydroxylation is 2. The van der Waals surface area contributed by atoms with Gasteiger partial charge in [-0.2, -0.15) is 0 Å². The lowest BCUT2D eigenvalue weighted by molar-refractivity contribution is 0.288. The van der Waals surface area contributed by atoms with Gasteiger partial charge in [0.2, 0.25) is 0 Å². The molecule has 0 aliphatic rings. The summed E-state index contributed by atoms with van der Waals surface area (Å²) < 4.78 is 0. The zero-order valence-electron chi connectivity index (χ0n) is 22.8. The largest absolute Gasteiger partial charge is 0.507 e. The number of hydrogen-bond donors (Lipinski definition) is 4. The van der Waals surface area contributed by atoms with Crippen molar-refractivity contribution in [1.29, 1.82) is 0 Å². The molecule has 35 heavy (non-hydrogen) atoms. The first-order valence-corrected chi connectivity index (χ1v) is 13.5. The summed E-state index contributed by atoms with van der Waals surface area (Å²) in [7, 11) is 0. The van der Waals surface area contributed by atoms with Crippen LogP contribution in [-0.4, -0.2) is 33.6 Å². The van der Waals surface area contributed by atoms with Crippen LogP contribution in [-0.2, 0) is 19.3 Å². The van der Waals surface area contributed by atoms with Crippen molar-refractivity contribution in [2.75, 3.05) is 13.2 Å². The van der Waals surface area contributed by atoms with Crippen LogP contribution in [0.3, 0.4) is 0 Å². The lowest BCUT2D eigenvalue weighted by atomic mass is 9.85. The maximum Gasteiger partial charge on any atom is 0.122 e. The Bertz CT molecular complexity index is 857. The first kappa shape index (κ1) is 29.2. The van der Waals surface area contributed by atoms with Gasteiger partial charge in [0.15, 0.2) is 0 Å². The maximum absolute atomic E-state index is 11.3. The van der Waals surface area contributed by atoms with E-state index in [1.165, 1.54) is 0 Å². The molecule has 2 atom stereocenters. The fourth-order valence-electron chi connectivity index (χ4n) is 5.32. The Morgan fingerprint density at radius 1 is 0.600 bits per heavy atom. The molecule has 0 bridgehead atoms. The van der Waals surface area contributed by atoms with Crippen molar-refractivity contribution in [3.63, 3.8) is 0 Å². The Morgan fingerprint density at radius 2 is 0.971 bits per heavy atom. The maximum atomic E-state index is 11.3. The molecule has 0 heterocycles. The van der Waals surface area contributed by atoms with Crippen LogP contribution in [0, 0.1) is 11.8 Å². The summed E-state index contributed by atoms with van der Waals surface area (Å²) in [6, 6.07) is 8.26. The average molecular weight is 485 g/mol. The fraction of sp³-hybridized carbons (Fsp3) is 0.613. The van der Waals surface area contributed by atoms with Crippen LogP contribution in [0.5, 0.6) is 11.5 Å². The number of aromatic hydroxyl groups is 2. The molecule has 0 spiro atoms. The highest BCUT2D eigenvalue weighted by Crippen LogP contribution is 2.39. The van der Waals surface area contributed by atoms with Crippen molar-refractivity contribution in [3.05, 3.63) is 57.6 Å². The van der Waals surface area contributed by atoms with Gasteiger partial charge in [0.05, 0.1) is 0 Å². The van der Waals surface area contributed by atoms with Crippen molar-refractivity contribution in [2.24, 2.45) is 11.8 Å². The van der Waals surface area contributed by atoms with Crippen LogP contribution in [0.15, 0.2) is 24.3 Å². The van der Waals surface area contributed by atoms with Gasteiger partial charge < -0.3 is 20.4 Å². The molecule has 2 aromatic rings. The number of phenols is 2. The van der Waals surface area contributed by atoms with E-state index < -0.39 is 0 Å². The number of aliphatic hydroxyl groups excluding tert-OH is 2. The van der Waals surface area contributed by atoms with E-state index in [2.05, 4.69) is 53.7 Å². The van der Waals surface area contributed by atoms with E-state index >= 15 is 0 Å². The van der Waals surface area contributed by atoms with Gasteiger partial charge in [0.25, 0.3) is 0 Å². The lowest BCUT2D eigenvalue weighted by Crippen LogP contribution is -2.05. The van der Waals surface area contributed by atoms with E-state index in [4.69, 9.17) is 0 Å². The van der Waals surface area contributed by atoms with Gasteiger partial charge in [0, 0.05) is 19.6 Å². The van der Waals surface area contributed by atoms with Crippen molar-refractivity contribution in [3.8, 4) is 11.5 Å². The van der Waals surface area contributed by atoms with Crippen molar-refractivity contribution < 1.29 is 20.4 Å². The Hall–Kier alpha value is -2.04. The van der Waals surface area contributed by atoms with E-state index in [1.54, 1.807) is 0 Å². The molecule has 2 unspecified atom stereocenters. The van der Waals surface area contributed by atoms with Crippen LogP contribution >= 0.6 is 0 Å². The third kappa shape index (κ3) is 8.54. The minimum absolute atomic E-state index is 0.137. The highest BCUT2D eigenvalue weighted by atomic mass is 16.3. The standard InChI is InChI=1S/C31H48O4/c1-20(2)13-22(5)28-17-24(9-7-11-32)15-26(30(28)34)19-27-16-25(10-8-12-33)18-29(31(27)35)23(6)14-21(3)4/h15-18,20-23,32-35H,7-14,19H2,1-6H3. The highest BCUT2D eigenvalue weighted by molar-refractivity contribution is 5.52. The predicted molar refractivity (Wildman–Crippen MR) is 146 cm³/mol. The second kappa shape index (κ2) is 13.9. The molecule has 0 amide bonds. The van der Waals surface area contributed by atoms with Gasteiger partial charge in [-0.25, -0.2) is 0 Å². The molecule has 0 aliphatic carbocycles. The summed E-state index contributed by atoms with van der Waals surface area (Å²) in [4.78, 5) is 0. The molecule has 4 nitrogen and oxygen atoms in total. The first-order chi connectivity index (χ1) is 16.6. The minimum Gasteiger partial charge on any atom is -0.507 e. The number of aliphatic hydroxyl groups is 2. The van der Waals surface area contributed by atoms with Gasteiger partial charge in [-0.3, -0.25) is 0 Å². The Kier molecular flexibility index (Phi) is 11.6. The molecule has 0 saturated heterocycles. The molecule has 0 aliphatic heterocycles. The lowest BCUT2D eigenvalue weighted by Gasteiger charge is -2.22. The third-order valence-corrected chi connectivity index (χ3v) is 6.90. The molecular weight excluding hydrogens is 436 g/mol. The molecule has 4 heteroatoms. The summed E-state index contributed by atoms with van der Waals surface area (Å²) in [6.07, 6.45) is 5.28. The van der Waals surface area contributed by atoms with Crippen molar-refractivity contribution in [2.45, 2.75) is 98.3 Å². The Labute approximate surface area is 213 Å². The summed E-state index contributed by atoms with van der Waals surface area (Å²) in [5, 5.41) is 41.4. The average Bonchev–Trinajstić information content (AvgIpc) is 2.78. The summed E-state index contributed by atoms with van der Waals surface area (Å²) in [5.41, 5.74) is 5.77. The number of benzene rings is 2. The van der Waals surface area contributed by atoms with Gasteiger partial charge in [0.1, 0.15) is 11.5 Å². The SMILES string of the molecule is CC(C)CC(C)c1cc(CCCO)cc(Cc2cc(CCCO)cc(C(C)CC(C)C)c2O)c1O. The van der Waals surface area contributed by atoms with E-state index in [0.717, 1.165) is 59.1 Å². The second-order valence-corrected chi connectivity index (χ2v) is 11.3. The topological polar surface area (TPSA) is 80.9 Å². The van der Waals surface area contributed by atoms with Gasteiger partial charge >= 0.3 is 0 Å². The van der Waals surface area contributed by atoms with E-state index in [0.29, 0.717) is 42.6 Å². The molecule has 0 fully saturated rings. The monoisotopic (exact) mass is 484 g/mol. The Balaban J connectivity index is 2.56. The summed E-state index contributed by atoms with van der Waals surface area (Å²) in [5.74, 6) is 2.12. The highest BCUT2D eigenvalue weighted by Gasteiger charge is 2.21. The van der Waals surface area contributed by atoms with Crippen LogP contribution in [0.4, 0.5) is 0 Å². The molecular formula is C31H48O4. The molecule has 2 rings (SSSR count). The molecule has 0 radical (unpaired) electrons. The number of hydrogen-bond acceptors (Lipinski definition) is 4. The zero-order chi connectivity index (χ0) is 26.1.